The van der Waals surface area contributed by atoms with Gasteiger partial charge in [0.2, 0.25) is 0 Å². The van der Waals surface area contributed by atoms with E-state index in [1.807, 2.05) is 4.68 Å². The number of nitrogens with one attached hydrogen (secondary N) is 1. The predicted molar refractivity (Wildman–Crippen MR) is 77.4 cm³/mol. The van der Waals surface area contributed by atoms with Crippen molar-refractivity contribution in [2.75, 3.05) is 7.11 Å². The zero-order valence-corrected chi connectivity index (χ0v) is 11.8. The van der Waals surface area contributed by atoms with E-state index in [2.05, 4.69) is 41.7 Å². The van der Waals surface area contributed by atoms with Crippen LogP contribution in [0.1, 0.15) is 35.7 Å². The van der Waals surface area contributed by atoms with E-state index in [-0.39, 0.29) is 6.04 Å². The van der Waals surface area contributed by atoms with E-state index in [0.717, 1.165) is 24.4 Å². The summed E-state index contributed by atoms with van der Waals surface area (Å²) in [6, 6.07) is 8.52. The summed E-state index contributed by atoms with van der Waals surface area (Å²) in [7, 11) is 1.67. The van der Waals surface area contributed by atoms with E-state index in [0.29, 0.717) is 5.92 Å². The number of benzene rings is 1. The third-order valence-electron chi connectivity index (χ3n) is 4.14. The van der Waals surface area contributed by atoms with Gasteiger partial charge in [-0.05, 0) is 24.5 Å². The van der Waals surface area contributed by atoms with E-state index >= 15 is 0 Å². The predicted octanol–water partition coefficient (Wildman–Crippen LogP) is 1.76. The van der Waals surface area contributed by atoms with Crippen molar-refractivity contribution in [2.45, 2.75) is 31.8 Å². The molecule has 1 aliphatic carbocycles. The Labute approximate surface area is 118 Å². The molecule has 5 nitrogen and oxygen atoms in total. The number of methoxy groups -OCH3 is 1. The first kappa shape index (κ1) is 13.1. The molecule has 20 heavy (non-hydrogen) atoms. The largest absolute Gasteiger partial charge is 0.493 e. The summed E-state index contributed by atoms with van der Waals surface area (Å²) in [4.78, 5) is 0. The van der Waals surface area contributed by atoms with Crippen LogP contribution in [0.5, 0.6) is 5.75 Å². The highest BCUT2D eigenvalue weighted by molar-refractivity contribution is 5.44. The van der Waals surface area contributed by atoms with Crippen molar-refractivity contribution in [2.24, 2.45) is 5.84 Å². The lowest BCUT2D eigenvalue weighted by Crippen LogP contribution is -2.38. The Morgan fingerprint density at radius 2 is 2.30 bits per heavy atom. The van der Waals surface area contributed by atoms with Crippen LogP contribution in [0.15, 0.2) is 30.5 Å². The summed E-state index contributed by atoms with van der Waals surface area (Å²) in [5.74, 6) is 6.99. The summed E-state index contributed by atoms with van der Waals surface area (Å²) in [6.07, 6.45) is 2.79. The highest BCUT2D eigenvalue weighted by atomic mass is 16.5. The van der Waals surface area contributed by atoms with Crippen molar-refractivity contribution in [3.05, 3.63) is 47.3 Å². The number of hydrogen-bond donors (Lipinski definition) is 2. The SMILES string of the molecule is CCn1ncc(OC)c1C(NN)C1Cc2ccccc21. The van der Waals surface area contributed by atoms with Gasteiger partial charge in [-0.15, -0.1) is 0 Å². The number of ether oxygens (including phenoxy) is 1. The van der Waals surface area contributed by atoms with Crippen molar-refractivity contribution in [1.82, 2.24) is 15.2 Å². The molecule has 0 saturated carbocycles. The second-order valence-electron chi connectivity index (χ2n) is 5.07. The highest BCUT2D eigenvalue weighted by Gasteiger charge is 2.36. The lowest BCUT2D eigenvalue weighted by Gasteiger charge is -2.36. The minimum Gasteiger partial charge on any atom is -0.493 e. The fourth-order valence-electron chi connectivity index (χ4n) is 3.08. The van der Waals surface area contributed by atoms with E-state index in [4.69, 9.17) is 10.6 Å². The Morgan fingerprint density at radius 3 is 2.95 bits per heavy atom. The number of nitrogens with two attached hydrogens (primary N) is 1. The summed E-state index contributed by atoms with van der Waals surface area (Å²) in [5.41, 5.74) is 6.75. The number of fused-ring (bicyclic) bond motifs is 1. The topological polar surface area (TPSA) is 65.1 Å². The second kappa shape index (κ2) is 5.26. The first-order valence-electron chi connectivity index (χ1n) is 6.93. The van der Waals surface area contributed by atoms with Crippen LogP contribution < -0.4 is 16.0 Å². The van der Waals surface area contributed by atoms with E-state index in [1.165, 1.54) is 11.1 Å². The van der Waals surface area contributed by atoms with Crippen LogP contribution in [-0.4, -0.2) is 16.9 Å². The summed E-state index contributed by atoms with van der Waals surface area (Å²) < 4.78 is 7.39. The van der Waals surface area contributed by atoms with E-state index in [9.17, 15) is 0 Å². The van der Waals surface area contributed by atoms with Gasteiger partial charge in [0, 0.05) is 12.5 Å². The summed E-state index contributed by atoms with van der Waals surface area (Å²) in [5, 5.41) is 4.37. The average Bonchev–Trinajstić information content (AvgIpc) is 2.87. The molecule has 1 aromatic carbocycles. The molecule has 2 atom stereocenters. The van der Waals surface area contributed by atoms with E-state index < -0.39 is 0 Å². The van der Waals surface area contributed by atoms with Gasteiger partial charge in [-0.3, -0.25) is 16.0 Å². The molecule has 1 aromatic heterocycles. The number of aromatic nitrogens is 2. The molecule has 0 spiro atoms. The number of nitrogens with zero attached hydrogens (tertiary/aromatic N) is 2. The molecule has 3 rings (SSSR count). The minimum absolute atomic E-state index is 0.0160. The van der Waals surface area contributed by atoms with Crippen molar-refractivity contribution in [3.63, 3.8) is 0 Å². The van der Waals surface area contributed by atoms with Gasteiger partial charge in [0.15, 0.2) is 5.75 Å². The monoisotopic (exact) mass is 272 g/mol. The van der Waals surface area contributed by atoms with Crippen molar-refractivity contribution < 1.29 is 4.74 Å². The molecule has 2 aromatic rings. The molecule has 106 valence electrons. The van der Waals surface area contributed by atoms with Gasteiger partial charge in [-0.1, -0.05) is 24.3 Å². The van der Waals surface area contributed by atoms with Gasteiger partial charge in [0.1, 0.15) is 0 Å². The maximum Gasteiger partial charge on any atom is 0.161 e. The van der Waals surface area contributed by atoms with Gasteiger partial charge in [-0.2, -0.15) is 5.10 Å². The van der Waals surface area contributed by atoms with Crippen LogP contribution in [0, 0.1) is 0 Å². The third kappa shape index (κ3) is 1.90. The highest BCUT2D eigenvalue weighted by Crippen LogP contribution is 2.44. The normalized spacial score (nSPS) is 18.2. The molecular weight excluding hydrogens is 252 g/mol. The molecule has 0 amide bonds. The van der Waals surface area contributed by atoms with Crippen molar-refractivity contribution in [3.8, 4) is 5.75 Å². The Balaban J connectivity index is 1.98. The van der Waals surface area contributed by atoms with Crippen LogP contribution in [0.25, 0.3) is 0 Å². The zero-order valence-electron chi connectivity index (χ0n) is 11.8. The van der Waals surface area contributed by atoms with E-state index in [1.54, 1.807) is 13.3 Å². The van der Waals surface area contributed by atoms with Gasteiger partial charge in [0.05, 0.1) is 25.0 Å². The fourth-order valence-corrected chi connectivity index (χ4v) is 3.08. The van der Waals surface area contributed by atoms with Crippen LogP contribution in [0.3, 0.4) is 0 Å². The van der Waals surface area contributed by atoms with Gasteiger partial charge in [0.25, 0.3) is 0 Å². The van der Waals surface area contributed by atoms with Crippen LogP contribution >= 0.6 is 0 Å². The molecule has 5 heteroatoms. The zero-order chi connectivity index (χ0) is 14.1. The smallest absolute Gasteiger partial charge is 0.161 e. The maximum atomic E-state index is 5.83. The average molecular weight is 272 g/mol. The Hall–Kier alpha value is -1.85. The molecule has 0 fully saturated rings. The van der Waals surface area contributed by atoms with Gasteiger partial charge < -0.3 is 4.74 Å². The molecule has 3 N–H and O–H groups in total. The standard InChI is InChI=1S/C15H20N4O/c1-3-19-15(13(20-2)9-17-19)14(18-16)12-8-10-6-4-5-7-11(10)12/h4-7,9,12,14,18H,3,8,16H2,1-2H3. The minimum atomic E-state index is 0.0160. The van der Waals surface area contributed by atoms with Crippen LogP contribution in [0.4, 0.5) is 0 Å². The summed E-state index contributed by atoms with van der Waals surface area (Å²) in [6.45, 7) is 2.86. The maximum absolute atomic E-state index is 5.83. The van der Waals surface area contributed by atoms with Gasteiger partial charge >= 0.3 is 0 Å². The molecule has 0 saturated heterocycles. The van der Waals surface area contributed by atoms with Crippen molar-refractivity contribution in [1.29, 1.82) is 0 Å². The fraction of sp³-hybridized carbons (Fsp3) is 0.400. The molecule has 0 aliphatic heterocycles. The molecule has 2 unspecified atom stereocenters. The quantitative estimate of drug-likeness (QED) is 0.643. The molecule has 0 radical (unpaired) electrons. The Morgan fingerprint density at radius 1 is 1.50 bits per heavy atom. The van der Waals surface area contributed by atoms with Gasteiger partial charge in [-0.25, -0.2) is 0 Å². The van der Waals surface area contributed by atoms with Crippen LogP contribution in [-0.2, 0) is 13.0 Å². The van der Waals surface area contributed by atoms with Crippen molar-refractivity contribution >= 4 is 0 Å². The Bertz CT molecular complexity index is 586. The number of aryl methyl sites for hydroxylation is 1. The number of hydrazine groups is 1. The summed E-state index contributed by atoms with van der Waals surface area (Å²) >= 11 is 0. The molecule has 0 bridgehead atoms. The first-order chi connectivity index (χ1) is 9.80. The second-order valence-corrected chi connectivity index (χ2v) is 5.07. The number of rotatable bonds is 5. The molecular formula is C15H20N4O. The first-order valence-corrected chi connectivity index (χ1v) is 6.93. The lowest BCUT2D eigenvalue weighted by atomic mass is 9.72. The Kier molecular flexibility index (Phi) is 3.46. The lowest BCUT2D eigenvalue weighted by molar-refractivity contribution is 0.358. The number of hydrogen-bond acceptors (Lipinski definition) is 4. The third-order valence-corrected chi connectivity index (χ3v) is 4.14. The molecule has 1 heterocycles. The molecule has 1 aliphatic rings. The van der Waals surface area contributed by atoms with Crippen LogP contribution in [0.2, 0.25) is 0 Å².